The summed E-state index contributed by atoms with van der Waals surface area (Å²) < 4.78 is 12.0. The van der Waals surface area contributed by atoms with Gasteiger partial charge in [0.25, 0.3) is 5.91 Å². The Kier molecular flexibility index (Phi) is 6.46. The van der Waals surface area contributed by atoms with Crippen molar-refractivity contribution in [2.24, 2.45) is 0 Å². The summed E-state index contributed by atoms with van der Waals surface area (Å²) in [6.07, 6.45) is 0. The summed E-state index contributed by atoms with van der Waals surface area (Å²) in [7, 11) is 1.68. The SMILES string of the molecule is CC(C)c1ccccc1OCC(=O)N(C)Cc1nc(-c2cccc(Br)c2)no1. The van der Waals surface area contributed by atoms with E-state index in [0.717, 1.165) is 21.3 Å². The molecule has 2 aromatic carbocycles. The summed E-state index contributed by atoms with van der Waals surface area (Å²) in [4.78, 5) is 18.3. The normalized spacial score (nSPS) is 10.9. The third-order valence-electron chi connectivity index (χ3n) is 4.24. The number of benzene rings is 2. The molecule has 7 heteroatoms. The van der Waals surface area contributed by atoms with Gasteiger partial charge < -0.3 is 14.2 Å². The molecule has 0 fully saturated rings. The molecule has 28 heavy (non-hydrogen) atoms. The maximum Gasteiger partial charge on any atom is 0.260 e. The highest BCUT2D eigenvalue weighted by Crippen LogP contribution is 2.26. The van der Waals surface area contributed by atoms with Gasteiger partial charge in [-0.15, -0.1) is 0 Å². The van der Waals surface area contributed by atoms with Crippen molar-refractivity contribution in [1.29, 1.82) is 0 Å². The molecule has 0 aliphatic heterocycles. The van der Waals surface area contributed by atoms with Crippen molar-refractivity contribution in [2.75, 3.05) is 13.7 Å². The van der Waals surface area contributed by atoms with E-state index in [1.807, 2.05) is 48.5 Å². The number of ether oxygens (including phenoxy) is 1. The van der Waals surface area contributed by atoms with E-state index in [2.05, 4.69) is 39.9 Å². The fourth-order valence-electron chi connectivity index (χ4n) is 2.69. The fraction of sp³-hybridized carbons (Fsp3) is 0.286. The van der Waals surface area contributed by atoms with E-state index in [0.29, 0.717) is 17.6 Å². The minimum Gasteiger partial charge on any atom is -0.483 e. The smallest absolute Gasteiger partial charge is 0.260 e. The molecule has 1 heterocycles. The Labute approximate surface area is 172 Å². The van der Waals surface area contributed by atoms with Gasteiger partial charge in [0, 0.05) is 17.1 Å². The molecule has 0 saturated carbocycles. The van der Waals surface area contributed by atoms with Crippen molar-refractivity contribution in [2.45, 2.75) is 26.3 Å². The maximum atomic E-state index is 12.4. The number of carbonyl (C=O) groups is 1. The maximum absolute atomic E-state index is 12.4. The van der Waals surface area contributed by atoms with E-state index in [9.17, 15) is 4.79 Å². The Morgan fingerprint density at radius 2 is 2.00 bits per heavy atom. The van der Waals surface area contributed by atoms with Crippen LogP contribution in [0.3, 0.4) is 0 Å². The number of carbonyl (C=O) groups excluding carboxylic acids is 1. The minimum absolute atomic E-state index is 0.0488. The lowest BCUT2D eigenvalue weighted by molar-refractivity contribution is -0.132. The molecule has 3 rings (SSSR count). The summed E-state index contributed by atoms with van der Waals surface area (Å²) in [5.74, 6) is 1.74. The number of halogens is 1. The van der Waals surface area contributed by atoms with Crippen molar-refractivity contribution < 1.29 is 14.1 Å². The molecule has 146 valence electrons. The van der Waals surface area contributed by atoms with Gasteiger partial charge >= 0.3 is 0 Å². The molecule has 6 nitrogen and oxygen atoms in total. The molecule has 0 N–H and O–H groups in total. The molecule has 0 unspecified atom stereocenters. The van der Waals surface area contributed by atoms with Crippen LogP contribution in [0.2, 0.25) is 0 Å². The third-order valence-corrected chi connectivity index (χ3v) is 4.73. The summed E-state index contributed by atoms with van der Waals surface area (Å²) in [5, 5.41) is 3.99. The fourth-order valence-corrected chi connectivity index (χ4v) is 3.09. The zero-order valence-corrected chi connectivity index (χ0v) is 17.6. The summed E-state index contributed by atoms with van der Waals surface area (Å²) in [6.45, 7) is 4.35. The lowest BCUT2D eigenvalue weighted by atomic mass is 10.0. The van der Waals surface area contributed by atoms with Crippen LogP contribution in [0.1, 0.15) is 31.2 Å². The molecule has 0 saturated heterocycles. The van der Waals surface area contributed by atoms with Gasteiger partial charge in [0.1, 0.15) is 5.75 Å². The number of rotatable bonds is 7. The monoisotopic (exact) mass is 443 g/mol. The summed E-state index contributed by atoms with van der Waals surface area (Å²) >= 11 is 3.42. The first-order chi connectivity index (χ1) is 13.4. The van der Waals surface area contributed by atoms with Crippen LogP contribution in [0.4, 0.5) is 0 Å². The van der Waals surface area contributed by atoms with Crippen molar-refractivity contribution in [3.05, 3.63) is 64.5 Å². The van der Waals surface area contributed by atoms with Gasteiger partial charge in [-0.2, -0.15) is 4.98 Å². The first-order valence-corrected chi connectivity index (χ1v) is 9.77. The first-order valence-electron chi connectivity index (χ1n) is 8.98. The van der Waals surface area contributed by atoms with Crippen molar-refractivity contribution >= 4 is 21.8 Å². The van der Waals surface area contributed by atoms with Crippen molar-refractivity contribution in [1.82, 2.24) is 15.0 Å². The van der Waals surface area contributed by atoms with Crippen molar-refractivity contribution in [3.8, 4) is 17.1 Å². The highest BCUT2D eigenvalue weighted by atomic mass is 79.9. The van der Waals surface area contributed by atoms with Crippen LogP contribution in [-0.2, 0) is 11.3 Å². The zero-order chi connectivity index (χ0) is 20.1. The predicted octanol–water partition coefficient (Wildman–Crippen LogP) is 4.66. The number of amides is 1. The predicted molar refractivity (Wildman–Crippen MR) is 110 cm³/mol. The van der Waals surface area contributed by atoms with Gasteiger partial charge in [0.05, 0.1) is 6.54 Å². The Morgan fingerprint density at radius 1 is 1.21 bits per heavy atom. The molecule has 0 atom stereocenters. The number of likely N-dealkylation sites (N-methyl/N-ethyl adjacent to an activating group) is 1. The van der Waals surface area contributed by atoms with Crippen LogP contribution >= 0.6 is 15.9 Å². The topological polar surface area (TPSA) is 68.5 Å². The molecular weight excluding hydrogens is 422 g/mol. The highest BCUT2D eigenvalue weighted by Gasteiger charge is 2.16. The Balaban J connectivity index is 1.59. The van der Waals surface area contributed by atoms with Crippen LogP contribution < -0.4 is 4.74 Å². The third kappa shape index (κ3) is 4.98. The van der Waals surface area contributed by atoms with E-state index in [4.69, 9.17) is 9.26 Å². The van der Waals surface area contributed by atoms with E-state index < -0.39 is 0 Å². The Bertz CT molecular complexity index is 955. The molecule has 1 aromatic heterocycles. The lowest BCUT2D eigenvalue weighted by Gasteiger charge is -2.17. The summed E-state index contributed by atoms with van der Waals surface area (Å²) in [5.41, 5.74) is 1.92. The largest absolute Gasteiger partial charge is 0.483 e. The lowest BCUT2D eigenvalue weighted by Crippen LogP contribution is -2.31. The second kappa shape index (κ2) is 9.01. The molecule has 0 aliphatic rings. The number of hydrogen-bond acceptors (Lipinski definition) is 5. The van der Waals surface area contributed by atoms with Crippen LogP contribution in [-0.4, -0.2) is 34.6 Å². The summed E-state index contributed by atoms with van der Waals surface area (Å²) in [6, 6.07) is 15.4. The second-order valence-corrected chi connectivity index (χ2v) is 7.67. The number of nitrogens with zero attached hydrogens (tertiary/aromatic N) is 3. The van der Waals surface area contributed by atoms with Gasteiger partial charge in [0.15, 0.2) is 6.61 Å². The first kappa shape index (κ1) is 20.1. The molecule has 0 aliphatic carbocycles. The molecular formula is C21H22BrN3O3. The van der Waals surface area contributed by atoms with E-state index in [1.165, 1.54) is 4.90 Å². The second-order valence-electron chi connectivity index (χ2n) is 6.75. The van der Waals surface area contributed by atoms with E-state index >= 15 is 0 Å². The molecule has 3 aromatic rings. The van der Waals surface area contributed by atoms with Crippen LogP contribution in [0.5, 0.6) is 5.75 Å². The van der Waals surface area contributed by atoms with E-state index in [-0.39, 0.29) is 19.1 Å². The average molecular weight is 444 g/mol. The van der Waals surface area contributed by atoms with Crippen LogP contribution in [0.25, 0.3) is 11.4 Å². The van der Waals surface area contributed by atoms with Gasteiger partial charge in [-0.25, -0.2) is 0 Å². The van der Waals surface area contributed by atoms with E-state index in [1.54, 1.807) is 7.05 Å². The number of aromatic nitrogens is 2. The average Bonchev–Trinajstić information content (AvgIpc) is 3.14. The van der Waals surface area contributed by atoms with Gasteiger partial charge in [-0.05, 0) is 29.7 Å². The van der Waals surface area contributed by atoms with Crippen molar-refractivity contribution in [3.63, 3.8) is 0 Å². The standard InChI is InChI=1S/C21H22BrN3O3/c1-14(2)17-9-4-5-10-18(17)27-13-20(26)25(3)12-19-23-21(24-28-19)15-7-6-8-16(22)11-15/h4-11,14H,12-13H2,1-3H3. The Morgan fingerprint density at radius 3 is 2.75 bits per heavy atom. The van der Waals surface area contributed by atoms with Gasteiger partial charge in [-0.1, -0.05) is 65.3 Å². The molecule has 0 bridgehead atoms. The minimum atomic E-state index is -0.166. The van der Waals surface area contributed by atoms with Crippen LogP contribution in [0, 0.1) is 0 Å². The Hall–Kier alpha value is -2.67. The molecule has 0 spiro atoms. The highest BCUT2D eigenvalue weighted by molar-refractivity contribution is 9.10. The van der Waals surface area contributed by atoms with Gasteiger partial charge in [-0.3, -0.25) is 4.79 Å². The quantitative estimate of drug-likeness (QED) is 0.530. The number of hydrogen-bond donors (Lipinski definition) is 0. The molecule has 0 radical (unpaired) electrons. The zero-order valence-electron chi connectivity index (χ0n) is 16.1. The number of para-hydroxylation sites is 1. The van der Waals surface area contributed by atoms with Crippen LogP contribution in [0.15, 0.2) is 57.5 Å². The van der Waals surface area contributed by atoms with Gasteiger partial charge in [0.2, 0.25) is 11.7 Å². The molecule has 1 amide bonds.